The zero-order chi connectivity index (χ0) is 25.8. The van der Waals surface area contributed by atoms with E-state index in [-0.39, 0.29) is 11.0 Å². The molecule has 0 amide bonds. The van der Waals surface area contributed by atoms with Gasteiger partial charge in [0.15, 0.2) is 0 Å². The first-order valence-corrected chi connectivity index (χ1v) is 12.6. The van der Waals surface area contributed by atoms with Gasteiger partial charge in [0.25, 0.3) is 0 Å². The lowest BCUT2D eigenvalue weighted by molar-refractivity contribution is 0.0509. The second kappa shape index (κ2) is 8.89. The van der Waals surface area contributed by atoms with Gasteiger partial charge >= 0.3 is 11.6 Å². The van der Waals surface area contributed by atoms with Crippen LogP contribution in [0, 0.1) is 26.2 Å². The zero-order valence-corrected chi connectivity index (χ0v) is 22.5. The van der Waals surface area contributed by atoms with Crippen molar-refractivity contribution in [3.8, 4) is 5.69 Å². The molecule has 1 aliphatic carbocycles. The van der Waals surface area contributed by atoms with Crippen molar-refractivity contribution in [2.24, 2.45) is 10.6 Å². The number of aromatic nitrogens is 1. The Hall–Kier alpha value is -3.45. The van der Waals surface area contributed by atoms with Crippen LogP contribution in [-0.2, 0) is 11.3 Å². The van der Waals surface area contributed by atoms with Gasteiger partial charge in [-0.05, 0) is 92.6 Å². The Labute approximate surface area is 217 Å². The normalized spacial score (nSPS) is 15.8. The first-order chi connectivity index (χ1) is 17.0. The third kappa shape index (κ3) is 4.55. The SMILES string of the molecule is Cc1cc(C)cc(-n2c(C)cc3c2CC(C)(C)C/C3=N\OC(=O)c2cc3cc(Br)ccc3oc2=O)c1. The average molecular weight is 547 g/mol. The van der Waals surface area contributed by atoms with E-state index in [1.165, 1.54) is 17.2 Å². The minimum absolute atomic E-state index is 0.0894. The number of oxime groups is 1. The second-order valence-corrected chi connectivity index (χ2v) is 11.3. The van der Waals surface area contributed by atoms with E-state index in [0.29, 0.717) is 23.1 Å². The van der Waals surface area contributed by atoms with Crippen LogP contribution in [0.15, 0.2) is 67.4 Å². The Kier molecular flexibility index (Phi) is 5.99. The molecule has 0 unspecified atom stereocenters. The van der Waals surface area contributed by atoms with Crippen LogP contribution in [0.1, 0.15) is 58.7 Å². The topological polar surface area (TPSA) is 73.8 Å². The summed E-state index contributed by atoms with van der Waals surface area (Å²) in [6.45, 7) is 10.6. The molecule has 184 valence electrons. The van der Waals surface area contributed by atoms with Gasteiger partial charge in [0.2, 0.25) is 0 Å². The van der Waals surface area contributed by atoms with Crippen molar-refractivity contribution >= 4 is 38.6 Å². The molecule has 0 radical (unpaired) electrons. The number of carbonyl (C=O) groups is 1. The molecule has 0 spiro atoms. The van der Waals surface area contributed by atoms with Crippen LogP contribution in [0.5, 0.6) is 0 Å². The van der Waals surface area contributed by atoms with Crippen LogP contribution in [0.4, 0.5) is 0 Å². The van der Waals surface area contributed by atoms with Crippen molar-refractivity contribution in [3.63, 3.8) is 0 Å². The zero-order valence-electron chi connectivity index (χ0n) is 20.9. The van der Waals surface area contributed by atoms with Crippen molar-refractivity contribution in [2.45, 2.75) is 47.5 Å². The number of halogens is 1. The highest BCUT2D eigenvalue weighted by atomic mass is 79.9. The Morgan fingerprint density at radius 2 is 1.75 bits per heavy atom. The monoisotopic (exact) mass is 546 g/mol. The largest absolute Gasteiger partial charge is 0.422 e. The third-order valence-electron chi connectivity index (χ3n) is 6.51. The number of benzene rings is 2. The molecule has 0 bridgehead atoms. The van der Waals surface area contributed by atoms with Gasteiger partial charge in [-0.1, -0.05) is 41.0 Å². The minimum Gasteiger partial charge on any atom is -0.422 e. The summed E-state index contributed by atoms with van der Waals surface area (Å²) in [6.07, 6.45) is 1.50. The summed E-state index contributed by atoms with van der Waals surface area (Å²) < 4.78 is 8.38. The maximum atomic E-state index is 12.9. The fraction of sp³-hybridized carbons (Fsp3) is 0.276. The minimum atomic E-state index is -0.839. The molecule has 0 saturated heterocycles. The first-order valence-electron chi connectivity index (χ1n) is 11.8. The molecule has 0 aliphatic heterocycles. The summed E-state index contributed by atoms with van der Waals surface area (Å²) in [5.41, 5.74) is 6.75. The summed E-state index contributed by atoms with van der Waals surface area (Å²) in [5.74, 6) is -0.839. The predicted octanol–water partition coefficient (Wildman–Crippen LogP) is 6.80. The van der Waals surface area contributed by atoms with E-state index in [0.717, 1.165) is 33.5 Å². The quantitative estimate of drug-likeness (QED) is 0.161. The van der Waals surface area contributed by atoms with Crippen molar-refractivity contribution in [2.75, 3.05) is 0 Å². The molecule has 2 aromatic heterocycles. The van der Waals surface area contributed by atoms with Crippen LogP contribution in [-0.4, -0.2) is 16.2 Å². The van der Waals surface area contributed by atoms with Crippen molar-refractivity contribution in [3.05, 3.63) is 97.1 Å². The van der Waals surface area contributed by atoms with E-state index in [4.69, 9.17) is 9.25 Å². The lowest BCUT2D eigenvalue weighted by Gasteiger charge is -2.31. The maximum Gasteiger partial charge on any atom is 0.373 e. The van der Waals surface area contributed by atoms with Crippen LogP contribution in [0.3, 0.4) is 0 Å². The van der Waals surface area contributed by atoms with Gasteiger partial charge in [-0.25, -0.2) is 9.59 Å². The first kappa shape index (κ1) is 24.3. The fourth-order valence-corrected chi connectivity index (χ4v) is 5.46. The molecule has 5 rings (SSSR count). The van der Waals surface area contributed by atoms with Gasteiger partial charge in [-0.2, -0.15) is 0 Å². The summed E-state index contributed by atoms with van der Waals surface area (Å²) in [4.78, 5) is 30.7. The highest BCUT2D eigenvalue weighted by Crippen LogP contribution is 2.38. The molecule has 36 heavy (non-hydrogen) atoms. The molecule has 6 nitrogen and oxygen atoms in total. The van der Waals surface area contributed by atoms with Crippen molar-refractivity contribution < 1.29 is 14.0 Å². The van der Waals surface area contributed by atoms with Crippen molar-refractivity contribution in [1.82, 2.24) is 4.57 Å². The summed E-state index contributed by atoms with van der Waals surface area (Å²) in [7, 11) is 0. The smallest absolute Gasteiger partial charge is 0.373 e. The van der Waals surface area contributed by atoms with Gasteiger partial charge in [0.05, 0.1) is 5.71 Å². The van der Waals surface area contributed by atoms with Gasteiger partial charge in [-0.3, -0.25) is 0 Å². The maximum absolute atomic E-state index is 12.9. The lowest BCUT2D eigenvalue weighted by Crippen LogP contribution is -2.29. The van der Waals surface area contributed by atoms with Gasteiger partial charge in [0, 0.05) is 32.5 Å². The standard InChI is InChI=1S/C29H27BrN2O4/c1-16-8-17(2)10-21(9-16)32-18(3)11-22-24(14-29(4,5)15-25(22)32)31-36-28(34)23-13-19-12-20(30)6-7-26(19)35-27(23)33/h6-13H,14-15H2,1-5H3/b31-24+. The Morgan fingerprint density at radius 1 is 1.03 bits per heavy atom. The Bertz CT molecular complexity index is 1600. The molecule has 0 saturated carbocycles. The molecule has 0 atom stereocenters. The molecule has 4 aromatic rings. The van der Waals surface area contributed by atoms with Crippen molar-refractivity contribution in [1.29, 1.82) is 0 Å². The van der Waals surface area contributed by atoms with Crippen LogP contribution >= 0.6 is 15.9 Å². The Morgan fingerprint density at radius 3 is 2.47 bits per heavy atom. The number of hydrogen-bond donors (Lipinski definition) is 0. The number of fused-ring (bicyclic) bond motifs is 2. The number of carbonyl (C=O) groups excluding carboxylic acids is 1. The molecular weight excluding hydrogens is 520 g/mol. The van der Waals surface area contributed by atoms with Crippen LogP contribution in [0.2, 0.25) is 0 Å². The third-order valence-corrected chi connectivity index (χ3v) is 7.00. The molecule has 0 fully saturated rings. The summed E-state index contributed by atoms with van der Waals surface area (Å²) in [5, 5.41) is 4.90. The number of aryl methyl sites for hydroxylation is 3. The number of rotatable bonds is 3. The second-order valence-electron chi connectivity index (χ2n) is 10.4. The van der Waals surface area contributed by atoms with E-state index in [1.54, 1.807) is 18.2 Å². The molecule has 2 aromatic carbocycles. The van der Waals surface area contributed by atoms with Crippen LogP contribution < -0.4 is 5.63 Å². The molecular formula is C29H27BrN2O4. The van der Waals surface area contributed by atoms with Gasteiger partial charge in [-0.15, -0.1) is 0 Å². The fourth-order valence-electron chi connectivity index (χ4n) is 5.08. The Balaban J connectivity index is 1.53. The van der Waals surface area contributed by atoms with E-state index < -0.39 is 11.6 Å². The number of hydrogen-bond acceptors (Lipinski definition) is 5. The molecule has 1 aliphatic rings. The number of nitrogens with zero attached hydrogens (tertiary/aromatic N) is 2. The van der Waals surface area contributed by atoms with E-state index >= 15 is 0 Å². The highest BCUT2D eigenvalue weighted by Gasteiger charge is 2.34. The van der Waals surface area contributed by atoms with Gasteiger partial charge < -0.3 is 13.8 Å². The predicted molar refractivity (Wildman–Crippen MR) is 144 cm³/mol. The van der Waals surface area contributed by atoms with Gasteiger partial charge in [0.1, 0.15) is 11.1 Å². The summed E-state index contributed by atoms with van der Waals surface area (Å²) >= 11 is 3.39. The van der Waals surface area contributed by atoms with E-state index in [2.05, 4.69) is 84.5 Å². The average Bonchev–Trinajstić information content (AvgIpc) is 3.11. The summed E-state index contributed by atoms with van der Waals surface area (Å²) in [6, 6.07) is 15.3. The van der Waals surface area contributed by atoms with Crippen LogP contribution in [0.25, 0.3) is 16.7 Å². The van der Waals surface area contributed by atoms with E-state index in [1.807, 2.05) is 0 Å². The molecule has 2 heterocycles. The molecule has 7 heteroatoms. The molecule has 0 N–H and O–H groups in total. The highest BCUT2D eigenvalue weighted by molar-refractivity contribution is 9.10. The lowest BCUT2D eigenvalue weighted by atomic mass is 9.76. The van der Waals surface area contributed by atoms with E-state index in [9.17, 15) is 9.59 Å².